The Labute approximate surface area is 97.5 Å². The van der Waals surface area contributed by atoms with Crippen LogP contribution in [0.25, 0.3) is 0 Å². The molecule has 0 aliphatic rings. The highest BCUT2D eigenvalue weighted by molar-refractivity contribution is 5.53. The highest BCUT2D eigenvalue weighted by Gasteiger charge is 2.09. The first kappa shape index (κ1) is 13.0. The molecule has 1 N–H and O–H groups in total. The molecule has 0 spiro atoms. The Hall–Kier alpha value is -1.09. The van der Waals surface area contributed by atoms with Crippen molar-refractivity contribution >= 4 is 5.69 Å². The van der Waals surface area contributed by atoms with Gasteiger partial charge in [-0.3, -0.25) is 0 Å². The van der Waals surface area contributed by atoms with Gasteiger partial charge in [-0.25, -0.2) is 4.39 Å². The lowest BCUT2D eigenvalue weighted by atomic mass is 10.1. The molecule has 3 heteroatoms. The van der Waals surface area contributed by atoms with Gasteiger partial charge in [0.25, 0.3) is 0 Å². The molecule has 0 aliphatic carbocycles. The smallest absolute Gasteiger partial charge is 0.123 e. The van der Waals surface area contributed by atoms with E-state index < -0.39 is 0 Å². The van der Waals surface area contributed by atoms with E-state index in [0.29, 0.717) is 6.54 Å². The van der Waals surface area contributed by atoms with Crippen molar-refractivity contribution in [3.05, 3.63) is 29.6 Å². The average Bonchev–Trinajstić information content (AvgIpc) is 2.27. The molecule has 0 heterocycles. The molecule has 16 heavy (non-hydrogen) atoms. The quantitative estimate of drug-likeness (QED) is 0.799. The molecule has 0 saturated heterocycles. The van der Waals surface area contributed by atoms with Crippen molar-refractivity contribution in [1.82, 2.24) is 5.32 Å². The van der Waals surface area contributed by atoms with Crippen molar-refractivity contribution in [2.24, 2.45) is 0 Å². The van der Waals surface area contributed by atoms with Gasteiger partial charge >= 0.3 is 0 Å². The van der Waals surface area contributed by atoms with Gasteiger partial charge in [-0.1, -0.05) is 6.92 Å². The zero-order valence-electron chi connectivity index (χ0n) is 10.4. The molecule has 1 aromatic rings. The van der Waals surface area contributed by atoms with E-state index in [0.717, 1.165) is 30.8 Å². The van der Waals surface area contributed by atoms with Gasteiger partial charge in [0.1, 0.15) is 5.82 Å². The third-order valence-electron chi connectivity index (χ3n) is 2.62. The fourth-order valence-electron chi connectivity index (χ4n) is 1.91. The first-order valence-corrected chi connectivity index (χ1v) is 5.90. The van der Waals surface area contributed by atoms with E-state index in [9.17, 15) is 4.39 Å². The Morgan fingerprint density at radius 1 is 1.31 bits per heavy atom. The van der Waals surface area contributed by atoms with E-state index in [1.807, 2.05) is 13.1 Å². The van der Waals surface area contributed by atoms with Crippen LogP contribution in [0.1, 0.15) is 25.8 Å². The van der Waals surface area contributed by atoms with Crippen molar-refractivity contribution in [3.8, 4) is 0 Å². The van der Waals surface area contributed by atoms with Gasteiger partial charge in [-0.2, -0.15) is 0 Å². The van der Waals surface area contributed by atoms with E-state index >= 15 is 0 Å². The lowest BCUT2D eigenvalue weighted by molar-refractivity contribution is 0.623. The van der Waals surface area contributed by atoms with Crippen LogP contribution in [0.4, 0.5) is 10.1 Å². The molecule has 1 aromatic carbocycles. The second kappa shape index (κ2) is 6.48. The molecule has 0 aliphatic heterocycles. The standard InChI is InChI=1S/C13H21FN2/c1-4-8-16(5-2)13-7-6-12(14)9-11(13)10-15-3/h6-7,9,15H,4-5,8,10H2,1-3H3. The van der Waals surface area contributed by atoms with Gasteiger partial charge < -0.3 is 10.2 Å². The molecule has 0 amide bonds. The van der Waals surface area contributed by atoms with E-state index in [4.69, 9.17) is 0 Å². The maximum atomic E-state index is 13.2. The summed E-state index contributed by atoms with van der Waals surface area (Å²) in [5, 5.41) is 3.08. The van der Waals surface area contributed by atoms with Crippen LogP contribution in [0.3, 0.4) is 0 Å². The third-order valence-corrected chi connectivity index (χ3v) is 2.62. The highest BCUT2D eigenvalue weighted by Crippen LogP contribution is 2.21. The van der Waals surface area contributed by atoms with Crippen molar-refractivity contribution in [1.29, 1.82) is 0 Å². The lowest BCUT2D eigenvalue weighted by Crippen LogP contribution is -2.25. The van der Waals surface area contributed by atoms with Crippen molar-refractivity contribution < 1.29 is 4.39 Å². The first-order chi connectivity index (χ1) is 7.72. The molecular formula is C13H21FN2. The van der Waals surface area contributed by atoms with Crippen LogP contribution in [0.15, 0.2) is 18.2 Å². The molecule has 0 radical (unpaired) electrons. The Balaban J connectivity index is 2.99. The summed E-state index contributed by atoms with van der Waals surface area (Å²) in [4.78, 5) is 2.28. The van der Waals surface area contributed by atoms with Gasteiger partial charge in [0.05, 0.1) is 0 Å². The molecule has 2 nitrogen and oxygen atoms in total. The molecular weight excluding hydrogens is 203 g/mol. The maximum Gasteiger partial charge on any atom is 0.123 e. The second-order valence-corrected chi connectivity index (χ2v) is 3.88. The number of benzene rings is 1. The molecule has 90 valence electrons. The summed E-state index contributed by atoms with van der Waals surface area (Å²) in [6, 6.07) is 5.03. The topological polar surface area (TPSA) is 15.3 Å². The predicted octanol–water partition coefficient (Wildman–Crippen LogP) is 2.78. The van der Waals surface area contributed by atoms with Gasteiger partial charge in [-0.15, -0.1) is 0 Å². The average molecular weight is 224 g/mol. The van der Waals surface area contributed by atoms with Gasteiger partial charge in [0, 0.05) is 25.3 Å². The van der Waals surface area contributed by atoms with Gasteiger partial charge in [0.15, 0.2) is 0 Å². The molecule has 0 aromatic heterocycles. The minimum atomic E-state index is -0.165. The summed E-state index contributed by atoms with van der Waals surface area (Å²) in [6.45, 7) is 6.95. The summed E-state index contributed by atoms with van der Waals surface area (Å²) >= 11 is 0. The molecule has 0 atom stereocenters. The number of rotatable bonds is 6. The van der Waals surface area contributed by atoms with E-state index in [-0.39, 0.29) is 5.82 Å². The lowest BCUT2D eigenvalue weighted by Gasteiger charge is -2.25. The largest absolute Gasteiger partial charge is 0.372 e. The Morgan fingerprint density at radius 2 is 2.06 bits per heavy atom. The van der Waals surface area contributed by atoms with Crippen molar-refractivity contribution in [2.75, 3.05) is 25.0 Å². The van der Waals surface area contributed by atoms with E-state index in [1.54, 1.807) is 6.07 Å². The van der Waals surface area contributed by atoms with Crippen LogP contribution >= 0.6 is 0 Å². The molecule has 0 unspecified atom stereocenters. The Bertz CT molecular complexity index is 326. The van der Waals surface area contributed by atoms with Crippen LogP contribution in [-0.2, 0) is 6.54 Å². The molecule has 0 bridgehead atoms. The maximum absolute atomic E-state index is 13.2. The highest BCUT2D eigenvalue weighted by atomic mass is 19.1. The summed E-state index contributed by atoms with van der Waals surface area (Å²) in [5.74, 6) is -0.165. The number of hydrogen-bond donors (Lipinski definition) is 1. The molecule has 0 fully saturated rings. The second-order valence-electron chi connectivity index (χ2n) is 3.88. The van der Waals surface area contributed by atoms with Crippen molar-refractivity contribution in [3.63, 3.8) is 0 Å². The Morgan fingerprint density at radius 3 is 2.62 bits per heavy atom. The zero-order chi connectivity index (χ0) is 12.0. The third kappa shape index (κ3) is 3.20. The Kier molecular flexibility index (Phi) is 5.26. The van der Waals surface area contributed by atoms with Gasteiger partial charge in [-0.05, 0) is 44.2 Å². The van der Waals surface area contributed by atoms with Crippen molar-refractivity contribution in [2.45, 2.75) is 26.8 Å². The van der Waals surface area contributed by atoms with Gasteiger partial charge in [0.2, 0.25) is 0 Å². The fourth-order valence-corrected chi connectivity index (χ4v) is 1.91. The molecule has 0 saturated carbocycles. The number of halogens is 1. The number of anilines is 1. The summed E-state index contributed by atoms with van der Waals surface area (Å²) in [5.41, 5.74) is 2.16. The monoisotopic (exact) mass is 224 g/mol. The normalized spacial score (nSPS) is 10.5. The first-order valence-electron chi connectivity index (χ1n) is 5.90. The van der Waals surface area contributed by atoms with Crippen LogP contribution in [0, 0.1) is 5.82 Å². The fraction of sp³-hybridized carbons (Fsp3) is 0.538. The number of hydrogen-bond acceptors (Lipinski definition) is 2. The summed E-state index contributed by atoms with van der Waals surface area (Å²) in [7, 11) is 1.88. The summed E-state index contributed by atoms with van der Waals surface area (Å²) < 4.78 is 13.2. The minimum absolute atomic E-state index is 0.165. The zero-order valence-corrected chi connectivity index (χ0v) is 10.4. The minimum Gasteiger partial charge on any atom is -0.372 e. The van der Waals surface area contributed by atoms with Crippen LogP contribution in [0.5, 0.6) is 0 Å². The predicted molar refractivity (Wildman–Crippen MR) is 67.3 cm³/mol. The SMILES string of the molecule is CCCN(CC)c1ccc(F)cc1CNC. The van der Waals surface area contributed by atoms with Crippen LogP contribution in [0.2, 0.25) is 0 Å². The number of nitrogens with one attached hydrogen (secondary N) is 1. The van der Waals surface area contributed by atoms with E-state index in [2.05, 4.69) is 24.1 Å². The number of nitrogens with zero attached hydrogens (tertiary/aromatic N) is 1. The van der Waals surface area contributed by atoms with E-state index in [1.165, 1.54) is 6.07 Å². The van der Waals surface area contributed by atoms with Crippen LogP contribution in [-0.4, -0.2) is 20.1 Å². The molecule has 1 rings (SSSR count). The van der Waals surface area contributed by atoms with Crippen LogP contribution < -0.4 is 10.2 Å². The summed E-state index contributed by atoms with van der Waals surface area (Å²) in [6.07, 6.45) is 1.10.